The molecular formula is C18H22N6O2. The average molecular weight is 354 g/mol. The molecule has 8 nitrogen and oxygen atoms in total. The van der Waals surface area contributed by atoms with Crippen molar-refractivity contribution in [3.63, 3.8) is 0 Å². The van der Waals surface area contributed by atoms with Crippen LogP contribution in [0.2, 0.25) is 0 Å². The maximum atomic E-state index is 12.7. The summed E-state index contributed by atoms with van der Waals surface area (Å²) in [5.41, 5.74) is 0.851. The van der Waals surface area contributed by atoms with Crippen molar-refractivity contribution in [1.82, 2.24) is 28.9 Å². The van der Waals surface area contributed by atoms with E-state index in [1.165, 1.54) is 4.57 Å². The fourth-order valence-electron chi connectivity index (χ4n) is 2.88. The zero-order valence-electron chi connectivity index (χ0n) is 15.2. The van der Waals surface area contributed by atoms with Gasteiger partial charge in [0, 0.05) is 19.3 Å². The summed E-state index contributed by atoms with van der Waals surface area (Å²) in [4.78, 5) is 33.0. The predicted molar refractivity (Wildman–Crippen MR) is 99.9 cm³/mol. The van der Waals surface area contributed by atoms with Gasteiger partial charge in [-0.1, -0.05) is 19.8 Å². The minimum absolute atomic E-state index is 0.307. The Morgan fingerprint density at radius 3 is 2.58 bits per heavy atom. The van der Waals surface area contributed by atoms with Gasteiger partial charge in [0.25, 0.3) is 5.56 Å². The molecule has 0 radical (unpaired) electrons. The first-order valence-electron chi connectivity index (χ1n) is 8.76. The maximum absolute atomic E-state index is 12.7. The number of fused-ring (bicyclic) bond motifs is 1. The van der Waals surface area contributed by atoms with E-state index in [2.05, 4.69) is 26.9 Å². The highest BCUT2D eigenvalue weighted by Gasteiger charge is 2.17. The third-order valence-electron chi connectivity index (χ3n) is 4.08. The Morgan fingerprint density at radius 2 is 1.88 bits per heavy atom. The number of aromatic amines is 1. The number of nitrogens with zero attached hydrogens (tertiary/aromatic N) is 5. The Balaban J connectivity index is 2.18. The maximum Gasteiger partial charge on any atom is 0.332 e. The van der Waals surface area contributed by atoms with E-state index in [4.69, 9.17) is 0 Å². The molecule has 26 heavy (non-hydrogen) atoms. The van der Waals surface area contributed by atoms with Crippen LogP contribution in [0.15, 0.2) is 22.0 Å². The van der Waals surface area contributed by atoms with Crippen molar-refractivity contribution < 1.29 is 0 Å². The molecule has 0 aliphatic rings. The molecule has 3 aromatic heterocycles. The Kier molecular flexibility index (Phi) is 5.07. The van der Waals surface area contributed by atoms with E-state index < -0.39 is 0 Å². The molecule has 0 spiro atoms. The van der Waals surface area contributed by atoms with Crippen LogP contribution in [0.4, 0.5) is 0 Å². The zero-order chi connectivity index (χ0) is 18.7. The van der Waals surface area contributed by atoms with Crippen molar-refractivity contribution >= 4 is 11.2 Å². The summed E-state index contributed by atoms with van der Waals surface area (Å²) in [6, 6.07) is 0. The molecule has 3 heterocycles. The Labute approximate surface area is 150 Å². The van der Waals surface area contributed by atoms with Crippen LogP contribution in [0, 0.1) is 11.8 Å². The SMILES string of the molecule is CC#CCn1cc(-c2nc3c([nH]2)c(=O)n(CCC)c(=O)n3CCC)cn1. The van der Waals surface area contributed by atoms with Crippen molar-refractivity contribution in [3.05, 3.63) is 33.2 Å². The highest BCUT2D eigenvalue weighted by atomic mass is 16.2. The molecule has 0 saturated heterocycles. The smallest absolute Gasteiger partial charge is 0.332 e. The lowest BCUT2D eigenvalue weighted by Crippen LogP contribution is -2.40. The van der Waals surface area contributed by atoms with Crippen molar-refractivity contribution in [3.8, 4) is 23.2 Å². The predicted octanol–water partition coefficient (Wildman–Crippen LogP) is 1.59. The summed E-state index contributed by atoms with van der Waals surface area (Å²) in [5, 5.41) is 4.25. The van der Waals surface area contributed by atoms with E-state index in [0.717, 1.165) is 12.0 Å². The highest BCUT2D eigenvalue weighted by Crippen LogP contribution is 2.17. The van der Waals surface area contributed by atoms with Crippen LogP contribution >= 0.6 is 0 Å². The Bertz CT molecular complexity index is 1100. The van der Waals surface area contributed by atoms with Crippen LogP contribution in [0.25, 0.3) is 22.6 Å². The lowest BCUT2D eigenvalue weighted by atomic mass is 10.3. The summed E-state index contributed by atoms with van der Waals surface area (Å²) >= 11 is 0. The Morgan fingerprint density at radius 1 is 1.15 bits per heavy atom. The number of H-pyrrole nitrogens is 1. The molecule has 0 aliphatic carbocycles. The van der Waals surface area contributed by atoms with Crippen molar-refractivity contribution in [2.45, 2.75) is 53.2 Å². The van der Waals surface area contributed by atoms with Gasteiger partial charge in [0.1, 0.15) is 17.9 Å². The normalized spacial score (nSPS) is 10.9. The first-order chi connectivity index (χ1) is 12.6. The molecule has 0 saturated carbocycles. The summed E-state index contributed by atoms with van der Waals surface area (Å²) < 4.78 is 4.55. The van der Waals surface area contributed by atoms with E-state index in [9.17, 15) is 9.59 Å². The van der Waals surface area contributed by atoms with Crippen LogP contribution in [0.3, 0.4) is 0 Å². The van der Waals surface area contributed by atoms with Gasteiger partial charge in [-0.3, -0.25) is 18.6 Å². The van der Waals surface area contributed by atoms with Crippen molar-refractivity contribution in [2.24, 2.45) is 0 Å². The average Bonchev–Trinajstić information content (AvgIpc) is 3.27. The first-order valence-corrected chi connectivity index (χ1v) is 8.76. The van der Waals surface area contributed by atoms with Gasteiger partial charge >= 0.3 is 5.69 Å². The quantitative estimate of drug-likeness (QED) is 0.681. The van der Waals surface area contributed by atoms with Gasteiger partial charge < -0.3 is 4.98 Å². The molecule has 0 fully saturated rings. The standard InChI is InChI=1S/C18H22N6O2/c1-4-7-10-22-12-13(11-19-22)15-20-14-16(21-15)23(8-5-2)18(26)24(9-6-3)17(14)25/h11-12H,5-6,8-10H2,1-3H3,(H,20,21). The largest absolute Gasteiger partial charge is 0.332 e. The van der Waals surface area contributed by atoms with Gasteiger partial charge in [0.05, 0.1) is 11.8 Å². The molecule has 3 aromatic rings. The van der Waals surface area contributed by atoms with E-state index in [-0.39, 0.29) is 11.2 Å². The lowest BCUT2D eigenvalue weighted by molar-refractivity contribution is 0.555. The van der Waals surface area contributed by atoms with E-state index in [1.54, 1.807) is 22.4 Å². The molecule has 0 aromatic carbocycles. The minimum atomic E-state index is -0.331. The van der Waals surface area contributed by atoms with Crippen LogP contribution in [-0.4, -0.2) is 28.9 Å². The molecule has 0 aliphatic heterocycles. The Hall–Kier alpha value is -3.08. The van der Waals surface area contributed by atoms with E-state index in [1.807, 2.05) is 20.0 Å². The summed E-state index contributed by atoms with van der Waals surface area (Å²) in [5.74, 6) is 6.28. The fraction of sp³-hybridized carbons (Fsp3) is 0.444. The summed E-state index contributed by atoms with van der Waals surface area (Å²) in [6.45, 7) is 7.08. The third kappa shape index (κ3) is 3.08. The molecular weight excluding hydrogens is 332 g/mol. The van der Waals surface area contributed by atoms with Crippen molar-refractivity contribution in [2.75, 3.05) is 0 Å². The number of imidazole rings is 1. The summed E-state index contributed by atoms with van der Waals surface area (Å²) in [6.07, 6.45) is 4.96. The second kappa shape index (κ2) is 7.44. The van der Waals surface area contributed by atoms with Crippen molar-refractivity contribution in [1.29, 1.82) is 0 Å². The number of hydrogen-bond donors (Lipinski definition) is 1. The van der Waals surface area contributed by atoms with Gasteiger partial charge in [-0.2, -0.15) is 5.10 Å². The van der Waals surface area contributed by atoms with Crippen LogP contribution in [0.1, 0.15) is 33.6 Å². The van der Waals surface area contributed by atoms with Gasteiger partial charge in [-0.05, 0) is 19.8 Å². The molecule has 0 amide bonds. The molecule has 0 unspecified atom stereocenters. The molecule has 0 bridgehead atoms. The second-order valence-corrected chi connectivity index (χ2v) is 6.03. The minimum Gasteiger partial charge on any atom is -0.332 e. The lowest BCUT2D eigenvalue weighted by Gasteiger charge is -2.09. The molecule has 1 N–H and O–H groups in total. The number of aryl methyl sites for hydroxylation is 1. The zero-order valence-corrected chi connectivity index (χ0v) is 15.2. The molecule has 8 heteroatoms. The third-order valence-corrected chi connectivity index (χ3v) is 4.08. The van der Waals surface area contributed by atoms with Gasteiger partial charge in [-0.25, -0.2) is 9.78 Å². The molecule has 136 valence electrons. The molecule has 0 atom stereocenters. The fourth-order valence-corrected chi connectivity index (χ4v) is 2.88. The number of nitrogens with one attached hydrogen (secondary N) is 1. The van der Waals surface area contributed by atoms with Gasteiger partial charge in [0.2, 0.25) is 0 Å². The second-order valence-electron chi connectivity index (χ2n) is 6.03. The monoisotopic (exact) mass is 354 g/mol. The number of hydrogen-bond acceptors (Lipinski definition) is 4. The topological polar surface area (TPSA) is 90.5 Å². The van der Waals surface area contributed by atoms with Crippen LogP contribution < -0.4 is 11.2 Å². The van der Waals surface area contributed by atoms with Crippen LogP contribution in [-0.2, 0) is 19.6 Å². The highest BCUT2D eigenvalue weighted by molar-refractivity contribution is 5.75. The first kappa shape index (κ1) is 17.7. The molecule has 3 rings (SSSR count). The van der Waals surface area contributed by atoms with Gasteiger partial charge in [-0.15, -0.1) is 5.92 Å². The van der Waals surface area contributed by atoms with Crippen LogP contribution in [0.5, 0.6) is 0 Å². The summed E-state index contributed by atoms with van der Waals surface area (Å²) in [7, 11) is 0. The number of aromatic nitrogens is 6. The van der Waals surface area contributed by atoms with Gasteiger partial charge in [0.15, 0.2) is 5.65 Å². The van der Waals surface area contributed by atoms with E-state index >= 15 is 0 Å². The number of rotatable bonds is 6. The van der Waals surface area contributed by atoms with E-state index in [0.29, 0.717) is 43.0 Å².